The minimum Gasteiger partial charge on any atom is -0.456 e. The van der Waals surface area contributed by atoms with Crippen LogP contribution in [0.1, 0.15) is 303 Å². The van der Waals surface area contributed by atoms with Gasteiger partial charge in [0.15, 0.2) is 0 Å². The van der Waals surface area contributed by atoms with Crippen molar-refractivity contribution in [3.8, 4) is 0 Å². The molecule has 3 unspecified atom stereocenters. The van der Waals surface area contributed by atoms with Gasteiger partial charge in [-0.05, 0) is 128 Å². The molecule has 0 aliphatic rings. The normalized spacial score (nSPS) is 14.3. The third-order valence-corrected chi connectivity index (χ3v) is 16.8. The first kappa shape index (κ1) is 86.9. The number of carbonyl (C=O) groups excluding carboxylic acids is 2. The molecule has 9 nitrogen and oxygen atoms in total. The fourth-order valence-corrected chi connectivity index (χ4v) is 10.9. The Labute approximate surface area is 561 Å². The smallest absolute Gasteiger partial charge is 0.456 e. The monoisotopic (exact) mass is 1280 g/mol. The Morgan fingerprint density at radius 3 is 1.05 bits per heavy atom. The molecule has 0 bridgehead atoms. The molecule has 2 N–H and O–H groups in total. The summed E-state index contributed by atoms with van der Waals surface area (Å²) in [4.78, 5) is 38.0. The van der Waals surface area contributed by atoms with Crippen LogP contribution >= 0.6 is 7.82 Å². The van der Waals surface area contributed by atoms with E-state index in [9.17, 15) is 19.0 Å². The molecule has 3 atom stereocenters. The molecule has 0 heterocycles. The van der Waals surface area contributed by atoms with E-state index in [4.69, 9.17) is 13.8 Å². The number of unbranched alkanes of at least 4 members (excludes halogenated alkanes) is 28. The van der Waals surface area contributed by atoms with Crippen LogP contribution in [0.15, 0.2) is 146 Å². The number of phosphoric acid groups is 1. The lowest BCUT2D eigenvalue weighted by molar-refractivity contribution is -0.870. The number of nitrogens with zero attached hydrogens (tertiary/aromatic N) is 1. The lowest BCUT2D eigenvalue weighted by atomic mass is 10.0. The molecule has 0 rings (SSSR count). The van der Waals surface area contributed by atoms with Gasteiger partial charge in [0.2, 0.25) is 5.91 Å². The lowest BCUT2D eigenvalue weighted by Gasteiger charge is -2.27. The Morgan fingerprint density at radius 2 is 0.703 bits per heavy atom. The molecule has 0 aromatic heterocycles. The highest BCUT2D eigenvalue weighted by molar-refractivity contribution is 7.47. The molecule has 0 radical (unpaired) electrons. The van der Waals surface area contributed by atoms with E-state index < -0.39 is 20.0 Å². The summed E-state index contributed by atoms with van der Waals surface area (Å²) >= 11 is 0. The number of quaternary nitrogens is 1. The maximum absolute atomic E-state index is 13.7. The van der Waals surface area contributed by atoms with E-state index in [2.05, 4.69) is 160 Å². The summed E-state index contributed by atoms with van der Waals surface area (Å²) in [6.45, 7) is 6.78. The van der Waals surface area contributed by atoms with Crippen molar-refractivity contribution in [2.75, 3.05) is 40.9 Å². The Hall–Kier alpha value is -4.11. The number of hydrogen-bond acceptors (Lipinski definition) is 6. The summed E-state index contributed by atoms with van der Waals surface area (Å²) in [7, 11) is 1.47. The number of amides is 1. The molecule has 91 heavy (non-hydrogen) atoms. The van der Waals surface area contributed by atoms with Crippen molar-refractivity contribution in [3.63, 3.8) is 0 Å². The fourth-order valence-electron chi connectivity index (χ4n) is 10.1. The molecule has 0 aromatic carbocycles. The number of nitrogens with one attached hydrogen (secondary N) is 1. The number of rotatable bonds is 66. The second kappa shape index (κ2) is 68.7. The second-order valence-electron chi connectivity index (χ2n) is 25.7. The zero-order valence-corrected chi connectivity index (χ0v) is 60.4. The van der Waals surface area contributed by atoms with Gasteiger partial charge in [-0.15, -0.1) is 0 Å². The maximum Gasteiger partial charge on any atom is 0.472 e. The fraction of sp³-hybridized carbons (Fsp3) is 0.679. The van der Waals surface area contributed by atoms with Crippen molar-refractivity contribution in [3.05, 3.63) is 146 Å². The van der Waals surface area contributed by atoms with Gasteiger partial charge in [-0.25, -0.2) is 4.57 Å². The van der Waals surface area contributed by atoms with E-state index in [0.29, 0.717) is 17.4 Å². The van der Waals surface area contributed by atoms with Crippen LogP contribution in [-0.2, 0) is 27.9 Å². The average molecular weight is 1280 g/mol. The van der Waals surface area contributed by atoms with Crippen molar-refractivity contribution in [1.82, 2.24) is 5.32 Å². The van der Waals surface area contributed by atoms with Gasteiger partial charge in [0.1, 0.15) is 19.3 Å². The van der Waals surface area contributed by atoms with Crippen molar-refractivity contribution in [2.24, 2.45) is 0 Å². The van der Waals surface area contributed by atoms with E-state index >= 15 is 0 Å². The lowest BCUT2D eigenvalue weighted by Crippen LogP contribution is -2.47. The molecule has 0 saturated heterocycles. The van der Waals surface area contributed by atoms with E-state index in [1.807, 2.05) is 33.3 Å². The van der Waals surface area contributed by atoms with Gasteiger partial charge >= 0.3 is 13.8 Å². The van der Waals surface area contributed by atoms with Gasteiger partial charge in [0.25, 0.3) is 0 Å². The number of likely N-dealkylation sites (N-methyl/N-ethyl adjacent to an activating group) is 1. The van der Waals surface area contributed by atoms with Crippen LogP contribution in [0.25, 0.3) is 0 Å². The number of carbonyl (C=O) groups is 2. The van der Waals surface area contributed by atoms with E-state index in [-0.39, 0.29) is 31.5 Å². The Balaban J connectivity index is 5.11. The molecule has 10 heteroatoms. The molecular formula is C81H140N2O7P+. The minimum atomic E-state index is -4.47. The topological polar surface area (TPSA) is 111 Å². The SMILES string of the molecule is CC/C=C\C/C=C\C/C=C\C/C=C\C/C=C\C/C=C\CCCCCCCCCCC(=O)OC(/C=C/CCCCCCCCCCCCC)C(COP(=O)(O)OCC[N+](C)(C)C)NC(=O)CCCCCCCCCCC/C=C\C/C=C\C/C=C\C/C=C\C/C=C\CC. The summed E-state index contributed by atoms with van der Waals surface area (Å²) in [5.74, 6) is -0.525. The van der Waals surface area contributed by atoms with Gasteiger partial charge < -0.3 is 19.4 Å². The largest absolute Gasteiger partial charge is 0.472 e. The number of hydrogen-bond donors (Lipinski definition) is 2. The van der Waals surface area contributed by atoms with Crippen LogP contribution < -0.4 is 5.32 Å². The molecule has 1 amide bonds. The van der Waals surface area contributed by atoms with Crippen LogP contribution in [0.2, 0.25) is 0 Å². The van der Waals surface area contributed by atoms with Crippen molar-refractivity contribution in [2.45, 2.75) is 315 Å². The highest BCUT2D eigenvalue weighted by Gasteiger charge is 2.30. The minimum absolute atomic E-state index is 0.0302. The first-order valence-electron chi connectivity index (χ1n) is 37.2. The molecule has 0 aliphatic heterocycles. The molecule has 0 aromatic rings. The van der Waals surface area contributed by atoms with Gasteiger partial charge in [-0.1, -0.05) is 308 Å². The average Bonchev–Trinajstić information content (AvgIpc) is 3.73. The zero-order valence-electron chi connectivity index (χ0n) is 59.5. The standard InChI is InChI=1S/C81H139N2O7P/c1-7-10-13-16-19-22-25-28-30-32-34-36-38-40-41-43-45-47-49-51-53-56-59-62-65-68-71-74-81(85)90-79(72-69-66-63-60-57-54-27-24-21-18-15-12-9-3)78(77-89-91(86,87)88-76-75-83(4,5)6)82-80(84)73-70-67-64-61-58-55-52-50-48-46-44-42-39-37-35-33-31-29-26-23-20-17-14-11-8-2/h10-11,13-14,19-20,22-23,28-31,34-37,40-42,44-45,47,69,72,78-79H,7-9,12,15-18,21,24-27,32-33,38-39,43,46,48-68,70-71,73-77H2,1-6H3,(H-,82,84,86,87)/p+1/b13-10-,14-11-,22-19-,23-20-,30-28-,31-29-,36-34-,37-35-,41-40-,44-42-,47-45-,72-69+. The number of esters is 1. The van der Waals surface area contributed by atoms with Crippen molar-refractivity contribution >= 4 is 19.7 Å². The van der Waals surface area contributed by atoms with Crippen LogP contribution in [0.4, 0.5) is 0 Å². The van der Waals surface area contributed by atoms with Crippen LogP contribution in [-0.4, -0.2) is 74.3 Å². The molecule has 0 fully saturated rings. The molecule has 0 saturated carbocycles. The third-order valence-electron chi connectivity index (χ3n) is 15.8. The van der Waals surface area contributed by atoms with Crippen LogP contribution in [0, 0.1) is 0 Å². The number of ether oxygens (including phenoxy) is 1. The maximum atomic E-state index is 13.7. The molecule has 0 aliphatic carbocycles. The number of allylic oxidation sites excluding steroid dienone is 23. The molecular weight excluding hydrogens is 1140 g/mol. The first-order valence-corrected chi connectivity index (χ1v) is 38.7. The highest BCUT2D eigenvalue weighted by Crippen LogP contribution is 2.43. The summed E-state index contributed by atoms with van der Waals surface area (Å²) in [6, 6.07) is -0.868. The first-order chi connectivity index (χ1) is 44.4. The van der Waals surface area contributed by atoms with Gasteiger partial charge in [-0.3, -0.25) is 18.6 Å². The predicted octanol–water partition coefficient (Wildman–Crippen LogP) is 24.1. The van der Waals surface area contributed by atoms with Gasteiger partial charge in [0.05, 0.1) is 33.8 Å². The summed E-state index contributed by atoms with van der Waals surface area (Å²) in [5.41, 5.74) is 0. The molecule has 0 spiro atoms. The third kappa shape index (κ3) is 70.1. The zero-order chi connectivity index (χ0) is 66.3. The Bertz CT molecular complexity index is 2070. The predicted molar refractivity (Wildman–Crippen MR) is 396 cm³/mol. The van der Waals surface area contributed by atoms with Gasteiger partial charge in [0, 0.05) is 12.8 Å². The quantitative estimate of drug-likeness (QED) is 0.0205. The summed E-state index contributed by atoms with van der Waals surface area (Å²) in [5, 5.41) is 3.07. The highest BCUT2D eigenvalue weighted by atomic mass is 31.2. The summed E-state index contributed by atoms with van der Waals surface area (Å²) < 4.78 is 30.9. The van der Waals surface area contributed by atoms with Crippen LogP contribution in [0.5, 0.6) is 0 Å². The van der Waals surface area contributed by atoms with Gasteiger partial charge in [-0.2, -0.15) is 0 Å². The number of phosphoric ester groups is 1. The Morgan fingerprint density at radius 1 is 0.396 bits per heavy atom. The van der Waals surface area contributed by atoms with Crippen LogP contribution in [0.3, 0.4) is 0 Å². The van der Waals surface area contributed by atoms with E-state index in [0.717, 1.165) is 154 Å². The second-order valence-corrected chi connectivity index (χ2v) is 27.2. The van der Waals surface area contributed by atoms with E-state index in [1.54, 1.807) is 0 Å². The van der Waals surface area contributed by atoms with E-state index in [1.165, 1.54) is 116 Å². The molecule has 520 valence electrons. The van der Waals surface area contributed by atoms with Crippen molar-refractivity contribution < 1.29 is 37.3 Å². The Kier molecular flexibility index (Phi) is 65.6. The van der Waals surface area contributed by atoms with Crippen molar-refractivity contribution in [1.29, 1.82) is 0 Å². The summed E-state index contributed by atoms with van der Waals surface area (Å²) in [6.07, 6.45) is 100.0.